The molecule has 3 nitrogen and oxygen atoms in total. The van der Waals surface area contributed by atoms with Gasteiger partial charge in [-0.15, -0.1) is 0 Å². The van der Waals surface area contributed by atoms with E-state index < -0.39 is 0 Å². The van der Waals surface area contributed by atoms with Crippen molar-refractivity contribution in [1.82, 2.24) is 0 Å². The average Bonchev–Trinajstić information content (AvgIpc) is 2.18. The Labute approximate surface area is 86.6 Å². The predicted molar refractivity (Wildman–Crippen MR) is 55.9 cm³/mol. The fraction of sp³-hybridized carbons (Fsp3) is 0.909. The fourth-order valence-corrected chi connectivity index (χ4v) is 2.21. The second kappa shape index (κ2) is 5.35. The van der Waals surface area contributed by atoms with Crippen molar-refractivity contribution >= 4 is 5.97 Å². The van der Waals surface area contributed by atoms with E-state index in [1.54, 1.807) is 0 Å². The topological polar surface area (TPSA) is 26.3 Å². The van der Waals surface area contributed by atoms with Crippen LogP contribution >= 0.6 is 0 Å². The van der Waals surface area contributed by atoms with Gasteiger partial charge >= 0.3 is 5.97 Å². The Bertz CT molecular complexity index is 186. The van der Waals surface area contributed by atoms with E-state index in [0.29, 0.717) is 6.42 Å². The summed E-state index contributed by atoms with van der Waals surface area (Å²) in [4.78, 5) is 10.9. The van der Waals surface area contributed by atoms with E-state index in [9.17, 15) is 4.79 Å². The molecule has 0 N–H and O–H groups in total. The standard InChI is InChI=1S/C11H22NO2/c1-12(8-4-3-5-9-12)10-6-7-11(13)14-2/h3-10H2,1-2H3/q+1. The van der Waals surface area contributed by atoms with Gasteiger partial charge in [0.25, 0.3) is 0 Å². The van der Waals surface area contributed by atoms with Gasteiger partial charge in [0.1, 0.15) is 0 Å². The minimum atomic E-state index is -0.0754. The van der Waals surface area contributed by atoms with Crippen molar-refractivity contribution in [3.63, 3.8) is 0 Å². The van der Waals surface area contributed by atoms with E-state index >= 15 is 0 Å². The van der Waals surface area contributed by atoms with Gasteiger partial charge in [0.2, 0.25) is 0 Å². The van der Waals surface area contributed by atoms with Crippen LogP contribution in [0.3, 0.4) is 0 Å². The van der Waals surface area contributed by atoms with Crippen LogP contribution in [0, 0.1) is 0 Å². The lowest BCUT2D eigenvalue weighted by molar-refractivity contribution is -0.914. The van der Waals surface area contributed by atoms with Gasteiger partial charge in [-0.25, -0.2) is 0 Å². The molecule has 3 heteroatoms. The summed E-state index contributed by atoms with van der Waals surface area (Å²) in [5, 5.41) is 0. The number of hydrogen-bond acceptors (Lipinski definition) is 2. The van der Waals surface area contributed by atoms with Gasteiger partial charge in [-0.05, 0) is 19.3 Å². The molecule has 1 aliphatic rings. The summed E-state index contributed by atoms with van der Waals surface area (Å²) in [6, 6.07) is 0. The van der Waals surface area contributed by atoms with Crippen molar-refractivity contribution < 1.29 is 14.0 Å². The second-order valence-corrected chi connectivity index (χ2v) is 4.53. The molecule has 1 heterocycles. The van der Waals surface area contributed by atoms with Crippen molar-refractivity contribution in [1.29, 1.82) is 0 Å². The molecule has 0 bridgehead atoms. The Balaban J connectivity index is 2.18. The third-order valence-corrected chi connectivity index (χ3v) is 3.20. The lowest BCUT2D eigenvalue weighted by Gasteiger charge is -2.37. The molecule has 0 radical (unpaired) electrons. The Morgan fingerprint density at radius 3 is 2.50 bits per heavy atom. The number of nitrogens with zero attached hydrogens (tertiary/aromatic N) is 1. The molecule has 0 unspecified atom stereocenters. The first kappa shape index (κ1) is 11.5. The van der Waals surface area contributed by atoms with Crippen LogP contribution in [0.2, 0.25) is 0 Å². The highest BCUT2D eigenvalue weighted by Gasteiger charge is 2.24. The van der Waals surface area contributed by atoms with Gasteiger partial charge < -0.3 is 9.22 Å². The third-order valence-electron chi connectivity index (χ3n) is 3.20. The van der Waals surface area contributed by atoms with Crippen LogP contribution in [0.4, 0.5) is 0 Å². The van der Waals surface area contributed by atoms with Crippen LogP contribution in [0.5, 0.6) is 0 Å². The molecule has 82 valence electrons. The van der Waals surface area contributed by atoms with Crippen LogP contribution in [0.15, 0.2) is 0 Å². The van der Waals surface area contributed by atoms with Crippen LogP contribution in [-0.2, 0) is 9.53 Å². The molecule has 1 aliphatic heterocycles. The molecular formula is C11H22NO2+. The smallest absolute Gasteiger partial charge is 0.305 e. The Kier molecular flexibility index (Phi) is 4.39. The fourth-order valence-electron chi connectivity index (χ4n) is 2.21. The molecule has 0 amide bonds. The van der Waals surface area contributed by atoms with Gasteiger partial charge in [-0.3, -0.25) is 4.79 Å². The number of esters is 1. The monoisotopic (exact) mass is 200 g/mol. The zero-order chi connectivity index (χ0) is 10.4. The first-order chi connectivity index (χ1) is 6.66. The maximum Gasteiger partial charge on any atom is 0.305 e. The number of rotatable bonds is 4. The molecule has 1 fully saturated rings. The Morgan fingerprint density at radius 1 is 1.29 bits per heavy atom. The van der Waals surface area contributed by atoms with E-state index in [1.807, 2.05) is 0 Å². The first-order valence-electron chi connectivity index (χ1n) is 5.57. The number of carbonyl (C=O) groups excluding carboxylic acids is 1. The minimum absolute atomic E-state index is 0.0754. The molecular weight excluding hydrogens is 178 g/mol. The van der Waals surface area contributed by atoms with Crippen molar-refractivity contribution in [3.05, 3.63) is 0 Å². The minimum Gasteiger partial charge on any atom is -0.469 e. The number of ether oxygens (including phenoxy) is 1. The number of piperidine rings is 1. The molecule has 0 spiro atoms. The van der Waals surface area contributed by atoms with Crippen molar-refractivity contribution in [3.8, 4) is 0 Å². The molecule has 0 saturated carbocycles. The highest BCUT2D eigenvalue weighted by Crippen LogP contribution is 2.17. The van der Waals surface area contributed by atoms with Gasteiger partial charge in [-0.2, -0.15) is 0 Å². The lowest BCUT2D eigenvalue weighted by Crippen LogP contribution is -2.48. The molecule has 0 aliphatic carbocycles. The molecule has 1 saturated heterocycles. The van der Waals surface area contributed by atoms with Gasteiger partial charge in [0.05, 0.1) is 40.2 Å². The molecule has 1 rings (SSSR count). The van der Waals surface area contributed by atoms with Crippen LogP contribution < -0.4 is 0 Å². The molecule has 14 heavy (non-hydrogen) atoms. The van der Waals surface area contributed by atoms with E-state index in [0.717, 1.165) is 17.4 Å². The molecule has 0 aromatic carbocycles. The zero-order valence-electron chi connectivity index (χ0n) is 9.42. The maximum absolute atomic E-state index is 10.9. The predicted octanol–water partition coefficient (Wildman–Crippen LogP) is 1.57. The van der Waals surface area contributed by atoms with Crippen molar-refractivity contribution in [2.75, 3.05) is 33.8 Å². The molecule has 0 aromatic rings. The van der Waals surface area contributed by atoms with E-state index in [4.69, 9.17) is 0 Å². The summed E-state index contributed by atoms with van der Waals surface area (Å²) in [7, 11) is 3.76. The molecule has 0 atom stereocenters. The Morgan fingerprint density at radius 2 is 1.93 bits per heavy atom. The van der Waals surface area contributed by atoms with E-state index in [-0.39, 0.29) is 5.97 Å². The highest BCUT2D eigenvalue weighted by molar-refractivity contribution is 5.68. The largest absolute Gasteiger partial charge is 0.469 e. The zero-order valence-corrected chi connectivity index (χ0v) is 9.42. The normalized spacial score (nSPS) is 20.4. The SMILES string of the molecule is COC(=O)CCC[N+]1(C)CCCCC1. The number of hydrogen-bond donors (Lipinski definition) is 0. The summed E-state index contributed by atoms with van der Waals surface area (Å²) in [6.07, 6.45) is 5.60. The lowest BCUT2D eigenvalue weighted by atomic mass is 10.1. The summed E-state index contributed by atoms with van der Waals surface area (Å²) in [5.74, 6) is -0.0754. The van der Waals surface area contributed by atoms with E-state index in [1.165, 1.54) is 39.5 Å². The van der Waals surface area contributed by atoms with E-state index in [2.05, 4.69) is 11.8 Å². The maximum atomic E-state index is 10.9. The number of methoxy groups -OCH3 is 1. The van der Waals surface area contributed by atoms with Crippen LogP contribution in [0.1, 0.15) is 32.1 Å². The van der Waals surface area contributed by atoms with Crippen LogP contribution in [-0.4, -0.2) is 44.2 Å². The summed E-state index contributed by atoms with van der Waals surface area (Å²) in [6.45, 7) is 3.68. The Hall–Kier alpha value is -0.570. The average molecular weight is 200 g/mol. The van der Waals surface area contributed by atoms with Crippen molar-refractivity contribution in [2.24, 2.45) is 0 Å². The number of likely N-dealkylation sites (tertiary alicyclic amines) is 1. The number of quaternary nitrogens is 1. The molecule has 0 aromatic heterocycles. The second-order valence-electron chi connectivity index (χ2n) is 4.53. The summed E-state index contributed by atoms with van der Waals surface area (Å²) in [5.41, 5.74) is 0. The van der Waals surface area contributed by atoms with Crippen molar-refractivity contribution in [2.45, 2.75) is 32.1 Å². The number of carbonyl (C=O) groups is 1. The third kappa shape index (κ3) is 3.66. The quantitative estimate of drug-likeness (QED) is 0.508. The first-order valence-corrected chi connectivity index (χ1v) is 5.57. The van der Waals surface area contributed by atoms with Gasteiger partial charge in [0, 0.05) is 6.42 Å². The highest BCUT2D eigenvalue weighted by atomic mass is 16.5. The summed E-state index contributed by atoms with van der Waals surface area (Å²) >= 11 is 0. The van der Waals surface area contributed by atoms with Gasteiger partial charge in [-0.1, -0.05) is 0 Å². The van der Waals surface area contributed by atoms with Crippen LogP contribution in [0.25, 0.3) is 0 Å². The summed E-state index contributed by atoms with van der Waals surface area (Å²) < 4.78 is 5.78. The van der Waals surface area contributed by atoms with Gasteiger partial charge in [0.15, 0.2) is 0 Å².